The van der Waals surface area contributed by atoms with Crippen LogP contribution in [0.4, 0.5) is 0 Å². The van der Waals surface area contributed by atoms with Crippen molar-refractivity contribution >= 4 is 0 Å². The van der Waals surface area contributed by atoms with E-state index in [4.69, 9.17) is 10.2 Å². The molecule has 84 valence electrons. The summed E-state index contributed by atoms with van der Waals surface area (Å²) in [5, 5.41) is 23.7. The molecular formula is C10H22N2O2. The Bertz CT molecular complexity index is 134. The van der Waals surface area contributed by atoms with Crippen LogP contribution in [0, 0.1) is 5.92 Å². The molecule has 0 radical (unpaired) electrons. The molecular weight excluding hydrogens is 180 g/mol. The van der Waals surface area contributed by atoms with Crippen LogP contribution in [-0.4, -0.2) is 42.7 Å². The molecule has 0 spiro atoms. The summed E-state index contributed by atoms with van der Waals surface area (Å²) in [6.45, 7) is 7.15. The Hall–Kier alpha value is -0.420. The summed E-state index contributed by atoms with van der Waals surface area (Å²) in [5.74, 6) is 0.394. The average molecular weight is 202 g/mol. The van der Waals surface area contributed by atoms with Gasteiger partial charge in [0.05, 0.1) is 19.4 Å². The molecule has 14 heavy (non-hydrogen) atoms. The SMILES string of the molecule is C=CCC(C)C(NCCO)NCCO. The highest BCUT2D eigenvalue weighted by Crippen LogP contribution is 2.05. The van der Waals surface area contributed by atoms with Gasteiger partial charge in [0.15, 0.2) is 0 Å². The molecule has 0 amide bonds. The van der Waals surface area contributed by atoms with Gasteiger partial charge in [-0.05, 0) is 12.3 Å². The van der Waals surface area contributed by atoms with Gasteiger partial charge in [0, 0.05) is 13.1 Å². The Morgan fingerprint density at radius 2 is 1.71 bits per heavy atom. The first-order chi connectivity index (χ1) is 6.76. The molecule has 0 bridgehead atoms. The fourth-order valence-electron chi connectivity index (χ4n) is 1.31. The van der Waals surface area contributed by atoms with E-state index in [-0.39, 0.29) is 19.4 Å². The Morgan fingerprint density at radius 1 is 1.21 bits per heavy atom. The van der Waals surface area contributed by atoms with Gasteiger partial charge < -0.3 is 10.2 Å². The fraction of sp³-hybridized carbons (Fsp3) is 0.800. The molecule has 0 heterocycles. The van der Waals surface area contributed by atoms with E-state index in [1.807, 2.05) is 6.08 Å². The van der Waals surface area contributed by atoms with Gasteiger partial charge in [-0.2, -0.15) is 0 Å². The maximum absolute atomic E-state index is 8.69. The Kier molecular flexibility index (Phi) is 8.87. The molecule has 0 aromatic heterocycles. The number of rotatable bonds is 9. The van der Waals surface area contributed by atoms with Crippen molar-refractivity contribution in [2.45, 2.75) is 19.5 Å². The Labute approximate surface area is 86.0 Å². The van der Waals surface area contributed by atoms with E-state index in [0.717, 1.165) is 6.42 Å². The highest BCUT2D eigenvalue weighted by atomic mass is 16.3. The normalized spacial score (nSPS) is 13.1. The van der Waals surface area contributed by atoms with E-state index in [0.29, 0.717) is 19.0 Å². The zero-order valence-corrected chi connectivity index (χ0v) is 8.87. The van der Waals surface area contributed by atoms with Gasteiger partial charge in [-0.15, -0.1) is 6.58 Å². The second-order valence-corrected chi connectivity index (χ2v) is 3.33. The molecule has 4 heteroatoms. The third kappa shape index (κ3) is 6.10. The summed E-state index contributed by atoms with van der Waals surface area (Å²) < 4.78 is 0. The first-order valence-corrected chi connectivity index (χ1v) is 5.05. The molecule has 0 aliphatic carbocycles. The van der Waals surface area contributed by atoms with Crippen molar-refractivity contribution in [1.82, 2.24) is 10.6 Å². The van der Waals surface area contributed by atoms with E-state index in [2.05, 4.69) is 24.1 Å². The quantitative estimate of drug-likeness (QED) is 0.306. The van der Waals surface area contributed by atoms with Crippen LogP contribution < -0.4 is 10.6 Å². The van der Waals surface area contributed by atoms with Gasteiger partial charge in [-0.3, -0.25) is 10.6 Å². The standard InChI is InChI=1S/C10H22N2O2/c1-3-4-9(2)10(11-5-7-13)12-6-8-14/h3,9-14H,1,4-8H2,2H3. The summed E-state index contributed by atoms with van der Waals surface area (Å²) in [6, 6.07) is 0. The molecule has 0 rings (SSSR count). The lowest BCUT2D eigenvalue weighted by Crippen LogP contribution is -2.48. The van der Waals surface area contributed by atoms with Crippen LogP contribution in [0.5, 0.6) is 0 Å². The van der Waals surface area contributed by atoms with Crippen molar-refractivity contribution in [3.63, 3.8) is 0 Å². The van der Waals surface area contributed by atoms with Gasteiger partial charge in [0.25, 0.3) is 0 Å². The molecule has 0 aliphatic rings. The molecule has 0 aliphatic heterocycles. The first-order valence-electron chi connectivity index (χ1n) is 5.05. The fourth-order valence-corrected chi connectivity index (χ4v) is 1.31. The zero-order valence-electron chi connectivity index (χ0n) is 8.87. The van der Waals surface area contributed by atoms with Crippen molar-refractivity contribution in [3.8, 4) is 0 Å². The predicted molar refractivity (Wildman–Crippen MR) is 57.9 cm³/mol. The molecule has 1 atom stereocenters. The summed E-state index contributed by atoms with van der Waals surface area (Å²) in [6.07, 6.45) is 2.90. The largest absolute Gasteiger partial charge is 0.395 e. The molecule has 0 aromatic rings. The van der Waals surface area contributed by atoms with Crippen LogP contribution >= 0.6 is 0 Å². The second kappa shape index (κ2) is 9.15. The van der Waals surface area contributed by atoms with Crippen LogP contribution in [0.25, 0.3) is 0 Å². The number of hydrogen-bond donors (Lipinski definition) is 4. The third-order valence-electron chi connectivity index (χ3n) is 2.06. The lowest BCUT2D eigenvalue weighted by Gasteiger charge is -2.25. The van der Waals surface area contributed by atoms with E-state index >= 15 is 0 Å². The second-order valence-electron chi connectivity index (χ2n) is 3.33. The van der Waals surface area contributed by atoms with Gasteiger partial charge in [0.1, 0.15) is 0 Å². The molecule has 0 saturated heterocycles. The molecule has 0 fully saturated rings. The average Bonchev–Trinajstić information content (AvgIpc) is 2.18. The molecule has 4 N–H and O–H groups in total. The van der Waals surface area contributed by atoms with Crippen molar-refractivity contribution in [1.29, 1.82) is 0 Å². The lowest BCUT2D eigenvalue weighted by atomic mass is 10.0. The Morgan fingerprint density at radius 3 is 2.07 bits per heavy atom. The minimum absolute atomic E-state index is 0.118. The smallest absolute Gasteiger partial charge is 0.0602 e. The van der Waals surface area contributed by atoms with E-state index < -0.39 is 0 Å². The zero-order chi connectivity index (χ0) is 10.8. The minimum atomic E-state index is 0.118. The van der Waals surface area contributed by atoms with Crippen molar-refractivity contribution in [2.24, 2.45) is 5.92 Å². The van der Waals surface area contributed by atoms with Gasteiger partial charge >= 0.3 is 0 Å². The summed E-state index contributed by atoms with van der Waals surface area (Å²) in [4.78, 5) is 0. The highest BCUT2D eigenvalue weighted by Gasteiger charge is 2.13. The van der Waals surface area contributed by atoms with Gasteiger partial charge in [-0.1, -0.05) is 13.0 Å². The van der Waals surface area contributed by atoms with Crippen LogP contribution in [0.2, 0.25) is 0 Å². The molecule has 0 saturated carbocycles. The van der Waals surface area contributed by atoms with Crippen molar-refractivity contribution in [2.75, 3.05) is 26.3 Å². The van der Waals surface area contributed by atoms with Crippen molar-refractivity contribution in [3.05, 3.63) is 12.7 Å². The Balaban J connectivity index is 3.86. The number of hydrogen-bond acceptors (Lipinski definition) is 4. The van der Waals surface area contributed by atoms with Crippen LogP contribution in [-0.2, 0) is 0 Å². The highest BCUT2D eigenvalue weighted by molar-refractivity contribution is 4.78. The minimum Gasteiger partial charge on any atom is -0.395 e. The first kappa shape index (κ1) is 13.6. The van der Waals surface area contributed by atoms with E-state index in [1.165, 1.54) is 0 Å². The summed E-state index contributed by atoms with van der Waals surface area (Å²) in [7, 11) is 0. The van der Waals surface area contributed by atoms with Gasteiger partial charge in [-0.25, -0.2) is 0 Å². The molecule has 1 unspecified atom stereocenters. The maximum atomic E-state index is 8.69. The van der Waals surface area contributed by atoms with Gasteiger partial charge in [0.2, 0.25) is 0 Å². The maximum Gasteiger partial charge on any atom is 0.0602 e. The van der Waals surface area contributed by atoms with Crippen LogP contribution in [0.1, 0.15) is 13.3 Å². The topological polar surface area (TPSA) is 64.5 Å². The molecule has 0 aromatic carbocycles. The van der Waals surface area contributed by atoms with Crippen LogP contribution in [0.3, 0.4) is 0 Å². The summed E-state index contributed by atoms with van der Waals surface area (Å²) in [5.41, 5.74) is 0. The van der Waals surface area contributed by atoms with E-state index in [9.17, 15) is 0 Å². The predicted octanol–water partition coefficient (Wildman–Crippen LogP) is -0.311. The number of allylic oxidation sites excluding steroid dienone is 1. The number of nitrogens with one attached hydrogen (secondary N) is 2. The van der Waals surface area contributed by atoms with Crippen molar-refractivity contribution < 1.29 is 10.2 Å². The van der Waals surface area contributed by atoms with E-state index in [1.54, 1.807) is 0 Å². The number of aliphatic hydroxyl groups excluding tert-OH is 2. The lowest BCUT2D eigenvalue weighted by molar-refractivity contribution is 0.234. The van der Waals surface area contributed by atoms with Crippen LogP contribution in [0.15, 0.2) is 12.7 Å². The monoisotopic (exact) mass is 202 g/mol. The number of aliphatic hydroxyl groups is 2. The summed E-state index contributed by atoms with van der Waals surface area (Å²) >= 11 is 0. The third-order valence-corrected chi connectivity index (χ3v) is 2.06. The molecule has 4 nitrogen and oxygen atoms in total.